The number of carboxylic acids is 1. The number of nitrogens with zero attached hydrogens (tertiary/aromatic N) is 4. The number of aromatic carboxylic acids is 1. The molecular formula is C30H27FN4O6. The molecule has 0 aliphatic carbocycles. The van der Waals surface area contributed by atoms with Crippen molar-refractivity contribution < 1.29 is 33.2 Å². The molecule has 4 heterocycles. The van der Waals surface area contributed by atoms with Crippen LogP contribution in [0.25, 0.3) is 11.0 Å². The van der Waals surface area contributed by atoms with E-state index in [1.165, 1.54) is 18.2 Å². The number of para-hydroxylation sites is 1. The molecular weight excluding hydrogens is 531 g/mol. The molecule has 0 unspecified atom stereocenters. The summed E-state index contributed by atoms with van der Waals surface area (Å²) in [6.45, 7) is 1.98. The summed E-state index contributed by atoms with van der Waals surface area (Å²) in [5.41, 5.74) is 2.54. The van der Waals surface area contributed by atoms with E-state index in [1.807, 2.05) is 16.7 Å². The number of benzene rings is 2. The predicted octanol–water partition coefficient (Wildman–Crippen LogP) is 4.41. The van der Waals surface area contributed by atoms with E-state index >= 15 is 0 Å². The van der Waals surface area contributed by atoms with Gasteiger partial charge in [0.05, 0.1) is 54.1 Å². The van der Waals surface area contributed by atoms with Gasteiger partial charge >= 0.3 is 5.97 Å². The van der Waals surface area contributed by atoms with E-state index in [9.17, 15) is 14.3 Å². The van der Waals surface area contributed by atoms with E-state index in [4.69, 9.17) is 29.2 Å². The van der Waals surface area contributed by atoms with Crippen molar-refractivity contribution in [3.63, 3.8) is 0 Å². The van der Waals surface area contributed by atoms with Crippen LogP contribution >= 0.6 is 0 Å². The zero-order valence-corrected chi connectivity index (χ0v) is 22.0. The third-order valence-electron chi connectivity index (χ3n) is 7.24. The second-order valence-electron chi connectivity index (χ2n) is 10.1. The molecule has 10 nitrogen and oxygen atoms in total. The first-order valence-corrected chi connectivity index (χ1v) is 13.3. The number of pyridine rings is 1. The Kier molecular flexibility index (Phi) is 7.61. The number of ether oxygens (including phenoxy) is 4. The van der Waals surface area contributed by atoms with Gasteiger partial charge in [-0.2, -0.15) is 5.26 Å². The van der Waals surface area contributed by atoms with Crippen LogP contribution in [0.5, 0.6) is 5.88 Å². The van der Waals surface area contributed by atoms with Crippen LogP contribution in [0.1, 0.15) is 45.7 Å². The van der Waals surface area contributed by atoms with Crippen molar-refractivity contribution in [2.24, 2.45) is 5.92 Å². The van der Waals surface area contributed by atoms with Crippen molar-refractivity contribution in [2.45, 2.75) is 38.4 Å². The van der Waals surface area contributed by atoms with Crippen molar-refractivity contribution in [3.8, 4) is 11.9 Å². The quantitative estimate of drug-likeness (QED) is 0.318. The maximum atomic E-state index is 14.2. The van der Waals surface area contributed by atoms with Gasteiger partial charge in [-0.25, -0.2) is 19.2 Å². The lowest BCUT2D eigenvalue weighted by Crippen LogP contribution is -2.33. The van der Waals surface area contributed by atoms with E-state index < -0.39 is 18.1 Å². The number of hydrogen-bond acceptors (Lipinski definition) is 8. The van der Waals surface area contributed by atoms with Crippen LogP contribution in [0, 0.1) is 23.1 Å². The molecule has 2 aliphatic rings. The number of nitriles is 1. The summed E-state index contributed by atoms with van der Waals surface area (Å²) >= 11 is 0. The fourth-order valence-electron chi connectivity index (χ4n) is 5.01. The summed E-state index contributed by atoms with van der Waals surface area (Å²) in [4.78, 5) is 21.2. The van der Waals surface area contributed by atoms with Crippen LogP contribution in [-0.4, -0.2) is 51.5 Å². The van der Waals surface area contributed by atoms with Crippen LogP contribution in [0.4, 0.5) is 4.39 Å². The minimum atomic E-state index is -0.995. The highest BCUT2D eigenvalue weighted by Gasteiger charge is 2.29. The largest absolute Gasteiger partial charge is 0.478 e. The van der Waals surface area contributed by atoms with Crippen molar-refractivity contribution >= 4 is 17.0 Å². The Balaban J connectivity index is 1.11. The third kappa shape index (κ3) is 5.76. The molecule has 11 heteroatoms. The number of carbonyl (C=O) groups is 1. The molecule has 2 fully saturated rings. The van der Waals surface area contributed by atoms with E-state index in [0.29, 0.717) is 61.0 Å². The van der Waals surface area contributed by atoms with Crippen molar-refractivity contribution in [1.29, 1.82) is 5.26 Å². The normalized spacial score (nSPS) is 20.3. The van der Waals surface area contributed by atoms with Crippen molar-refractivity contribution in [1.82, 2.24) is 14.5 Å². The van der Waals surface area contributed by atoms with Crippen LogP contribution in [0.15, 0.2) is 54.6 Å². The van der Waals surface area contributed by atoms with Gasteiger partial charge in [0.2, 0.25) is 12.2 Å². The first-order valence-electron chi connectivity index (χ1n) is 13.3. The van der Waals surface area contributed by atoms with E-state index in [-0.39, 0.29) is 29.8 Å². The molecule has 2 saturated heterocycles. The van der Waals surface area contributed by atoms with Gasteiger partial charge in [0.25, 0.3) is 0 Å². The standard InChI is InChI=1S/C30H27FN4O6/c31-23-11-18(13-32)7-8-20(23)17-39-27-6-2-5-25(34-27)30-40-15-19(16-41-30)12-26-33-24-4-1-3-22(29(36)37)28(24)35(26)14-21-9-10-38-21/h1-8,11,19,21,30H,9-10,12,14-17H2,(H,36,37)/t19?,21-,30?/m0/s1. The molecule has 0 amide bonds. The Labute approximate surface area is 234 Å². The highest BCUT2D eigenvalue weighted by Crippen LogP contribution is 2.29. The minimum Gasteiger partial charge on any atom is -0.478 e. The number of halogens is 1. The summed E-state index contributed by atoms with van der Waals surface area (Å²) in [5.74, 6) is -0.454. The average Bonchev–Trinajstić information content (AvgIpc) is 3.31. The van der Waals surface area contributed by atoms with Crippen LogP contribution in [0.2, 0.25) is 0 Å². The summed E-state index contributed by atoms with van der Waals surface area (Å²) in [5, 5.41) is 18.7. The number of aromatic nitrogens is 3. The van der Waals surface area contributed by atoms with Crippen molar-refractivity contribution in [3.05, 3.63) is 88.6 Å². The van der Waals surface area contributed by atoms with Gasteiger partial charge in [-0.15, -0.1) is 0 Å². The monoisotopic (exact) mass is 558 g/mol. The van der Waals surface area contributed by atoms with E-state index in [1.54, 1.807) is 30.3 Å². The maximum Gasteiger partial charge on any atom is 0.337 e. The molecule has 2 aliphatic heterocycles. The van der Waals surface area contributed by atoms with E-state index in [0.717, 1.165) is 12.2 Å². The summed E-state index contributed by atoms with van der Waals surface area (Å²) in [6.07, 6.45) is 0.802. The van der Waals surface area contributed by atoms with Gasteiger partial charge < -0.3 is 28.6 Å². The van der Waals surface area contributed by atoms with Crippen LogP contribution in [0.3, 0.4) is 0 Å². The minimum absolute atomic E-state index is 0.00353. The number of imidazole rings is 1. The van der Waals surface area contributed by atoms with Gasteiger partial charge in [0, 0.05) is 30.6 Å². The molecule has 0 radical (unpaired) electrons. The first-order chi connectivity index (χ1) is 20.0. The molecule has 4 aromatic rings. The Bertz CT molecular complexity index is 1620. The third-order valence-corrected chi connectivity index (χ3v) is 7.24. The predicted molar refractivity (Wildman–Crippen MR) is 143 cm³/mol. The summed E-state index contributed by atoms with van der Waals surface area (Å²) in [6, 6.07) is 16.4. The number of fused-ring (bicyclic) bond motifs is 1. The maximum absolute atomic E-state index is 14.2. The lowest BCUT2D eigenvalue weighted by atomic mass is 10.1. The molecule has 41 heavy (non-hydrogen) atoms. The zero-order valence-electron chi connectivity index (χ0n) is 22.0. The second-order valence-corrected chi connectivity index (χ2v) is 10.1. The number of rotatable bonds is 9. The molecule has 1 N–H and O–H groups in total. The Hall–Kier alpha value is -4.37. The highest BCUT2D eigenvalue weighted by molar-refractivity contribution is 6.01. The molecule has 210 valence electrons. The Morgan fingerprint density at radius 2 is 1.93 bits per heavy atom. The molecule has 0 saturated carbocycles. The van der Waals surface area contributed by atoms with Gasteiger partial charge in [0.15, 0.2) is 0 Å². The molecule has 2 aromatic carbocycles. The van der Waals surface area contributed by atoms with Crippen molar-refractivity contribution in [2.75, 3.05) is 19.8 Å². The number of carboxylic acid groups (broad SMARTS) is 1. The van der Waals surface area contributed by atoms with E-state index in [2.05, 4.69) is 4.98 Å². The van der Waals surface area contributed by atoms with Crippen LogP contribution in [-0.2, 0) is 33.8 Å². The molecule has 6 rings (SSSR count). The summed E-state index contributed by atoms with van der Waals surface area (Å²) in [7, 11) is 0. The van der Waals surface area contributed by atoms with Crippen LogP contribution < -0.4 is 4.74 Å². The van der Waals surface area contributed by atoms with Gasteiger partial charge in [-0.1, -0.05) is 18.2 Å². The van der Waals surface area contributed by atoms with Gasteiger partial charge in [-0.3, -0.25) is 0 Å². The first kappa shape index (κ1) is 26.8. The average molecular weight is 559 g/mol. The Morgan fingerprint density at radius 1 is 1.12 bits per heavy atom. The second kappa shape index (κ2) is 11.6. The number of hydrogen-bond donors (Lipinski definition) is 1. The highest BCUT2D eigenvalue weighted by atomic mass is 19.1. The lowest BCUT2D eigenvalue weighted by Gasteiger charge is -2.30. The SMILES string of the molecule is N#Cc1ccc(COc2cccc(C3OCC(Cc4nc5cccc(C(=O)O)c5n4C[C@@H]4CCO4)CO3)n2)c(F)c1. The topological polar surface area (TPSA) is 129 Å². The fraction of sp³-hybridized carbons (Fsp3) is 0.333. The molecule has 1 atom stereocenters. The molecule has 2 aromatic heterocycles. The van der Waals surface area contributed by atoms with Gasteiger partial charge in [-0.05, 0) is 36.8 Å². The Morgan fingerprint density at radius 3 is 2.63 bits per heavy atom. The summed E-state index contributed by atoms with van der Waals surface area (Å²) < 4.78 is 39.5. The molecule has 0 bridgehead atoms. The van der Waals surface area contributed by atoms with Gasteiger partial charge in [0.1, 0.15) is 23.9 Å². The smallest absolute Gasteiger partial charge is 0.337 e. The lowest BCUT2D eigenvalue weighted by molar-refractivity contribution is -0.207. The zero-order chi connectivity index (χ0) is 28.3. The fourth-order valence-corrected chi connectivity index (χ4v) is 5.01. The molecule has 0 spiro atoms.